The van der Waals surface area contributed by atoms with E-state index in [0.29, 0.717) is 5.56 Å². The molecule has 7 heteroatoms. The topological polar surface area (TPSA) is 52.3 Å². The van der Waals surface area contributed by atoms with Crippen molar-refractivity contribution in [3.05, 3.63) is 65.9 Å². The van der Waals surface area contributed by atoms with Gasteiger partial charge in [-0.25, -0.2) is 9.78 Å². The lowest BCUT2D eigenvalue weighted by molar-refractivity contribution is -0.137. The highest BCUT2D eigenvalue weighted by Gasteiger charge is 2.30. The van der Waals surface area contributed by atoms with Gasteiger partial charge >= 0.3 is 12.1 Å². The predicted octanol–water partition coefficient (Wildman–Crippen LogP) is 4.81. The highest BCUT2D eigenvalue weighted by Crippen LogP contribution is 2.33. The predicted molar refractivity (Wildman–Crippen MR) is 83.7 cm³/mol. The van der Waals surface area contributed by atoms with Gasteiger partial charge in [-0.05, 0) is 24.3 Å². The standard InChI is InChI=1S/C18H12F3NO3/c1-24-17(23)14-8-3-2-7-13(14)16-22-10-15(25-16)11-5-4-6-12(9-11)18(19,20)21/h2-10H,1H3. The summed E-state index contributed by atoms with van der Waals surface area (Å²) >= 11 is 0. The van der Waals surface area contributed by atoms with Crippen molar-refractivity contribution in [3.63, 3.8) is 0 Å². The third kappa shape index (κ3) is 3.40. The SMILES string of the molecule is COC(=O)c1ccccc1-c1ncc(-c2cccc(C(F)(F)F)c2)o1. The van der Waals surface area contributed by atoms with Crippen LogP contribution in [0.4, 0.5) is 13.2 Å². The van der Waals surface area contributed by atoms with Crippen molar-refractivity contribution < 1.29 is 27.1 Å². The zero-order chi connectivity index (χ0) is 18.0. The summed E-state index contributed by atoms with van der Waals surface area (Å²) in [6.45, 7) is 0. The molecule has 0 saturated heterocycles. The molecule has 0 spiro atoms. The number of methoxy groups -OCH3 is 1. The molecule has 0 bridgehead atoms. The monoisotopic (exact) mass is 347 g/mol. The van der Waals surface area contributed by atoms with Crippen LogP contribution in [0.25, 0.3) is 22.8 Å². The Hall–Kier alpha value is -3.09. The lowest BCUT2D eigenvalue weighted by atomic mass is 10.1. The van der Waals surface area contributed by atoms with E-state index in [-0.39, 0.29) is 22.8 Å². The number of carbonyl (C=O) groups is 1. The number of hydrogen-bond donors (Lipinski definition) is 0. The molecule has 0 unspecified atom stereocenters. The Labute approximate surface area is 140 Å². The van der Waals surface area contributed by atoms with E-state index >= 15 is 0 Å². The lowest BCUT2D eigenvalue weighted by Crippen LogP contribution is -2.04. The number of halogens is 3. The first-order valence-electron chi connectivity index (χ1n) is 7.21. The van der Waals surface area contributed by atoms with Crippen LogP contribution in [0.5, 0.6) is 0 Å². The maximum Gasteiger partial charge on any atom is 0.416 e. The van der Waals surface area contributed by atoms with Crippen molar-refractivity contribution in [2.24, 2.45) is 0 Å². The fourth-order valence-electron chi connectivity index (χ4n) is 2.34. The molecule has 2 aromatic carbocycles. The molecular weight excluding hydrogens is 335 g/mol. The van der Waals surface area contributed by atoms with E-state index in [2.05, 4.69) is 4.98 Å². The minimum absolute atomic E-state index is 0.119. The molecule has 0 saturated carbocycles. The highest BCUT2D eigenvalue weighted by atomic mass is 19.4. The molecule has 1 heterocycles. The van der Waals surface area contributed by atoms with Gasteiger partial charge in [0.1, 0.15) is 0 Å². The average molecular weight is 347 g/mol. The number of aromatic nitrogens is 1. The third-order valence-corrected chi connectivity index (χ3v) is 3.54. The van der Waals surface area contributed by atoms with Crippen LogP contribution in [0.2, 0.25) is 0 Å². The summed E-state index contributed by atoms with van der Waals surface area (Å²) in [6, 6.07) is 11.3. The molecule has 3 rings (SSSR count). The number of oxazole rings is 1. The summed E-state index contributed by atoms with van der Waals surface area (Å²) in [5.74, 6) is -0.274. The number of alkyl halides is 3. The molecule has 0 fully saturated rings. The Morgan fingerprint density at radius 3 is 2.60 bits per heavy atom. The molecule has 128 valence electrons. The zero-order valence-corrected chi connectivity index (χ0v) is 13.0. The van der Waals surface area contributed by atoms with Crippen LogP contribution in [0.1, 0.15) is 15.9 Å². The summed E-state index contributed by atoms with van der Waals surface area (Å²) in [4.78, 5) is 15.9. The van der Waals surface area contributed by atoms with Crippen LogP contribution in [-0.4, -0.2) is 18.1 Å². The molecule has 0 amide bonds. The molecule has 0 N–H and O–H groups in total. The molecule has 0 atom stereocenters. The Morgan fingerprint density at radius 1 is 1.12 bits per heavy atom. The molecular formula is C18H12F3NO3. The molecule has 0 radical (unpaired) electrons. The number of benzene rings is 2. The number of carbonyl (C=O) groups excluding carboxylic acids is 1. The first kappa shape index (κ1) is 16.8. The molecule has 0 aliphatic rings. The van der Waals surface area contributed by atoms with Crippen molar-refractivity contribution in [3.8, 4) is 22.8 Å². The summed E-state index contributed by atoms with van der Waals surface area (Å²) < 4.78 is 48.8. The van der Waals surface area contributed by atoms with Gasteiger partial charge in [-0.1, -0.05) is 24.3 Å². The van der Waals surface area contributed by atoms with Crippen LogP contribution in [0.15, 0.2) is 59.1 Å². The van der Waals surface area contributed by atoms with Gasteiger partial charge in [-0.2, -0.15) is 13.2 Å². The van der Waals surface area contributed by atoms with Crippen LogP contribution in [-0.2, 0) is 10.9 Å². The van der Waals surface area contributed by atoms with Gasteiger partial charge < -0.3 is 9.15 Å². The number of hydrogen-bond acceptors (Lipinski definition) is 4. The van der Waals surface area contributed by atoms with Gasteiger partial charge in [0, 0.05) is 5.56 Å². The third-order valence-electron chi connectivity index (χ3n) is 3.54. The van der Waals surface area contributed by atoms with Gasteiger partial charge in [0.25, 0.3) is 0 Å². The number of esters is 1. The van der Waals surface area contributed by atoms with Crippen LogP contribution >= 0.6 is 0 Å². The van der Waals surface area contributed by atoms with Crippen LogP contribution < -0.4 is 0 Å². The van der Waals surface area contributed by atoms with Gasteiger partial charge in [0.2, 0.25) is 5.89 Å². The van der Waals surface area contributed by atoms with Crippen molar-refractivity contribution in [2.75, 3.05) is 7.11 Å². The summed E-state index contributed by atoms with van der Waals surface area (Å²) in [5.41, 5.74) is 0.108. The fraction of sp³-hybridized carbons (Fsp3) is 0.111. The Morgan fingerprint density at radius 2 is 1.88 bits per heavy atom. The Bertz CT molecular complexity index is 916. The van der Waals surface area contributed by atoms with E-state index in [1.807, 2.05) is 0 Å². The van der Waals surface area contributed by atoms with Crippen molar-refractivity contribution in [1.29, 1.82) is 0 Å². The van der Waals surface area contributed by atoms with Crippen LogP contribution in [0, 0.1) is 0 Å². The van der Waals surface area contributed by atoms with Gasteiger partial charge in [-0.15, -0.1) is 0 Å². The number of rotatable bonds is 3. The minimum Gasteiger partial charge on any atom is -0.465 e. The molecule has 0 aliphatic heterocycles. The fourth-order valence-corrected chi connectivity index (χ4v) is 2.34. The first-order chi connectivity index (χ1) is 11.9. The van der Waals surface area contributed by atoms with Crippen molar-refractivity contribution in [2.45, 2.75) is 6.18 Å². The van der Waals surface area contributed by atoms with E-state index in [9.17, 15) is 18.0 Å². The van der Waals surface area contributed by atoms with Crippen molar-refractivity contribution >= 4 is 5.97 Å². The van der Waals surface area contributed by atoms with Gasteiger partial charge in [-0.3, -0.25) is 0 Å². The van der Waals surface area contributed by atoms with E-state index < -0.39 is 17.7 Å². The minimum atomic E-state index is -4.45. The quantitative estimate of drug-likeness (QED) is 0.638. The molecule has 25 heavy (non-hydrogen) atoms. The number of ether oxygens (including phenoxy) is 1. The second-order valence-electron chi connectivity index (χ2n) is 5.15. The summed E-state index contributed by atoms with van der Waals surface area (Å²) in [6.07, 6.45) is -3.13. The molecule has 3 aromatic rings. The largest absolute Gasteiger partial charge is 0.465 e. The summed E-state index contributed by atoms with van der Waals surface area (Å²) in [5, 5.41) is 0. The second kappa shape index (κ2) is 6.43. The molecule has 0 aliphatic carbocycles. The van der Waals surface area contributed by atoms with E-state index in [1.54, 1.807) is 24.3 Å². The van der Waals surface area contributed by atoms with Crippen LogP contribution in [0.3, 0.4) is 0 Å². The smallest absolute Gasteiger partial charge is 0.416 e. The lowest BCUT2D eigenvalue weighted by Gasteiger charge is -2.07. The van der Waals surface area contributed by atoms with E-state index in [1.165, 1.54) is 25.4 Å². The van der Waals surface area contributed by atoms with Crippen molar-refractivity contribution in [1.82, 2.24) is 4.98 Å². The maximum absolute atomic E-state index is 12.8. The van der Waals surface area contributed by atoms with Gasteiger partial charge in [0.05, 0.1) is 30.0 Å². The average Bonchev–Trinajstić information content (AvgIpc) is 3.10. The summed E-state index contributed by atoms with van der Waals surface area (Å²) in [7, 11) is 1.25. The van der Waals surface area contributed by atoms with E-state index in [4.69, 9.17) is 9.15 Å². The van der Waals surface area contributed by atoms with Gasteiger partial charge in [0.15, 0.2) is 5.76 Å². The maximum atomic E-state index is 12.8. The zero-order valence-electron chi connectivity index (χ0n) is 13.0. The molecule has 4 nitrogen and oxygen atoms in total. The Balaban J connectivity index is 2.01. The Kier molecular flexibility index (Phi) is 4.31. The number of nitrogens with zero attached hydrogens (tertiary/aromatic N) is 1. The molecule has 1 aromatic heterocycles. The normalized spacial score (nSPS) is 11.4. The second-order valence-corrected chi connectivity index (χ2v) is 5.15. The highest BCUT2D eigenvalue weighted by molar-refractivity contribution is 5.96. The first-order valence-corrected chi connectivity index (χ1v) is 7.21. The van der Waals surface area contributed by atoms with E-state index in [0.717, 1.165) is 12.1 Å².